The van der Waals surface area contributed by atoms with Crippen LogP contribution in [-0.2, 0) is 4.79 Å². The molecule has 0 aliphatic heterocycles. The van der Waals surface area contributed by atoms with Gasteiger partial charge in [-0.05, 0) is 12.1 Å². The smallest absolute Gasteiger partial charge is 0.185 e. The molecule has 0 spiro atoms. The van der Waals surface area contributed by atoms with E-state index in [1.807, 2.05) is 36.4 Å². The zero-order valence-electron chi connectivity index (χ0n) is 12.6. The summed E-state index contributed by atoms with van der Waals surface area (Å²) in [6.07, 6.45) is 0. The van der Waals surface area contributed by atoms with Crippen LogP contribution < -0.4 is 4.84 Å². The zero-order valence-corrected chi connectivity index (χ0v) is 12.6. The molecule has 0 fully saturated rings. The third-order valence-electron chi connectivity index (χ3n) is 3.04. The lowest BCUT2D eigenvalue weighted by molar-refractivity contribution is -0.115. The molecule has 4 nitrogen and oxygen atoms in total. The number of Topliss-reactive ketones (excluding diaryl/α,β-unsaturated/α-hetero) is 1. The molecular weight excluding hydrogens is 276 g/mol. The van der Waals surface area contributed by atoms with Crippen LogP contribution >= 0.6 is 0 Å². The second-order valence-electron chi connectivity index (χ2n) is 5.10. The van der Waals surface area contributed by atoms with Gasteiger partial charge < -0.3 is 4.84 Å². The molecule has 2 aromatic carbocycles. The quantitative estimate of drug-likeness (QED) is 0.652. The molecule has 0 radical (unpaired) electrons. The largest absolute Gasteiger partial charge is 0.356 e. The number of oxime groups is 1. The van der Waals surface area contributed by atoms with Crippen molar-refractivity contribution in [2.45, 2.75) is 13.8 Å². The van der Waals surface area contributed by atoms with Crippen molar-refractivity contribution in [1.82, 2.24) is 0 Å². The molecule has 1 N–H and O–H groups in total. The molecule has 2 rings (SSSR count). The highest BCUT2D eigenvalue weighted by Crippen LogP contribution is 2.11. The lowest BCUT2D eigenvalue weighted by atomic mass is 9.97. The fraction of sp³-hybridized carbons (Fsp3) is 0.167. The van der Waals surface area contributed by atoms with Crippen LogP contribution in [0.1, 0.15) is 19.4 Å². The van der Waals surface area contributed by atoms with Gasteiger partial charge in [0.2, 0.25) is 0 Å². The number of nitrogens with one attached hydrogen (secondary N) is 1. The van der Waals surface area contributed by atoms with Crippen LogP contribution in [0.2, 0.25) is 0 Å². The van der Waals surface area contributed by atoms with Crippen LogP contribution in [0.3, 0.4) is 0 Å². The highest BCUT2D eigenvalue weighted by Gasteiger charge is 2.21. The van der Waals surface area contributed by atoms with E-state index in [2.05, 4.69) is 5.16 Å². The van der Waals surface area contributed by atoms with Gasteiger partial charge >= 0.3 is 0 Å². The lowest BCUT2D eigenvalue weighted by Gasteiger charge is -2.09. The van der Waals surface area contributed by atoms with E-state index in [-0.39, 0.29) is 23.1 Å². The molecule has 0 aliphatic rings. The Kier molecular flexibility index (Phi) is 5.20. The molecule has 0 aromatic heterocycles. The number of hydrogen-bond acceptors (Lipinski definition) is 4. The minimum Gasteiger partial charge on any atom is -0.356 e. The summed E-state index contributed by atoms with van der Waals surface area (Å²) in [6, 6.07) is 18.2. The van der Waals surface area contributed by atoms with Crippen molar-refractivity contribution in [2.24, 2.45) is 11.1 Å². The molecule has 0 heterocycles. The number of benzene rings is 2. The zero-order chi connectivity index (χ0) is 15.9. The van der Waals surface area contributed by atoms with Crippen molar-refractivity contribution in [2.75, 3.05) is 0 Å². The third-order valence-corrected chi connectivity index (χ3v) is 3.04. The molecule has 0 atom stereocenters. The summed E-state index contributed by atoms with van der Waals surface area (Å²) in [7, 11) is 0. The molecule has 0 bridgehead atoms. The minimum absolute atomic E-state index is 0.142. The lowest BCUT2D eigenvalue weighted by Crippen LogP contribution is -2.28. The Morgan fingerprint density at radius 1 is 1.00 bits per heavy atom. The number of nitrogens with zero attached hydrogens (tertiary/aromatic N) is 1. The van der Waals surface area contributed by atoms with Gasteiger partial charge in [-0.1, -0.05) is 67.5 Å². The standard InChI is InChI=1S/C18H18N2O2/c1-13(2)18(21)16(19)17(14-9-5-3-6-10-14)20-22-15-11-7-4-8-12-15/h3-13,19H,1-2H3. The highest BCUT2D eigenvalue weighted by molar-refractivity contribution is 6.69. The summed E-state index contributed by atoms with van der Waals surface area (Å²) in [5.41, 5.74) is 0.776. The Balaban J connectivity index is 2.34. The Bertz CT molecular complexity index is 677. The highest BCUT2D eigenvalue weighted by atomic mass is 16.6. The number of carbonyl (C=O) groups is 1. The first-order chi connectivity index (χ1) is 10.6. The molecule has 2 aromatic rings. The summed E-state index contributed by atoms with van der Waals surface area (Å²) in [4.78, 5) is 17.5. The topological polar surface area (TPSA) is 62.5 Å². The molecule has 0 saturated carbocycles. The predicted molar refractivity (Wildman–Crippen MR) is 87.6 cm³/mol. The van der Waals surface area contributed by atoms with Gasteiger partial charge in [-0.25, -0.2) is 0 Å². The van der Waals surface area contributed by atoms with Gasteiger partial charge in [-0.15, -0.1) is 0 Å². The van der Waals surface area contributed by atoms with Crippen molar-refractivity contribution in [3.63, 3.8) is 0 Å². The van der Waals surface area contributed by atoms with Gasteiger partial charge in [0.25, 0.3) is 0 Å². The van der Waals surface area contributed by atoms with Crippen LogP contribution in [0.25, 0.3) is 0 Å². The normalized spacial score (nSPS) is 11.3. The number of ketones is 1. The first-order valence-corrected chi connectivity index (χ1v) is 7.08. The van der Waals surface area contributed by atoms with Crippen molar-refractivity contribution in [3.05, 3.63) is 66.2 Å². The van der Waals surface area contributed by atoms with Gasteiger partial charge in [-0.2, -0.15) is 0 Å². The fourth-order valence-corrected chi connectivity index (χ4v) is 1.82. The third kappa shape index (κ3) is 3.88. The van der Waals surface area contributed by atoms with E-state index in [0.29, 0.717) is 11.3 Å². The van der Waals surface area contributed by atoms with E-state index < -0.39 is 0 Å². The van der Waals surface area contributed by atoms with Crippen LogP contribution in [0.4, 0.5) is 0 Å². The number of carbonyl (C=O) groups excluding carboxylic acids is 1. The Hall–Kier alpha value is -2.75. The second-order valence-corrected chi connectivity index (χ2v) is 5.10. The SMILES string of the molecule is CC(C)C(=O)C(=N)C(=NOc1ccccc1)c1ccccc1. The first kappa shape index (κ1) is 15.6. The van der Waals surface area contributed by atoms with Crippen LogP contribution in [0, 0.1) is 11.3 Å². The maximum atomic E-state index is 12.1. The molecule has 22 heavy (non-hydrogen) atoms. The van der Waals surface area contributed by atoms with E-state index in [0.717, 1.165) is 0 Å². The average Bonchev–Trinajstić information content (AvgIpc) is 2.56. The molecular formula is C18H18N2O2. The Labute approximate surface area is 129 Å². The fourth-order valence-electron chi connectivity index (χ4n) is 1.82. The minimum atomic E-state index is -0.266. The second kappa shape index (κ2) is 7.31. The van der Waals surface area contributed by atoms with Gasteiger partial charge in [-0.3, -0.25) is 10.2 Å². The Morgan fingerprint density at radius 3 is 2.09 bits per heavy atom. The molecule has 0 unspecified atom stereocenters. The summed E-state index contributed by atoms with van der Waals surface area (Å²) >= 11 is 0. The maximum absolute atomic E-state index is 12.1. The van der Waals surface area contributed by atoms with E-state index in [1.54, 1.807) is 38.1 Å². The van der Waals surface area contributed by atoms with Gasteiger partial charge in [0.1, 0.15) is 11.4 Å². The van der Waals surface area contributed by atoms with Crippen LogP contribution in [0.15, 0.2) is 65.8 Å². The summed E-state index contributed by atoms with van der Waals surface area (Å²) in [5, 5.41) is 12.2. The first-order valence-electron chi connectivity index (χ1n) is 7.08. The van der Waals surface area contributed by atoms with Gasteiger partial charge in [0.15, 0.2) is 11.5 Å². The van der Waals surface area contributed by atoms with E-state index >= 15 is 0 Å². The van der Waals surface area contributed by atoms with Crippen molar-refractivity contribution < 1.29 is 9.63 Å². The molecule has 0 aliphatic carbocycles. The number of rotatable bonds is 6. The average molecular weight is 294 g/mol. The van der Waals surface area contributed by atoms with E-state index in [4.69, 9.17) is 10.2 Å². The molecule has 4 heteroatoms. The van der Waals surface area contributed by atoms with Crippen LogP contribution in [0.5, 0.6) is 5.75 Å². The summed E-state index contributed by atoms with van der Waals surface area (Å²) < 4.78 is 0. The predicted octanol–water partition coefficient (Wildman–Crippen LogP) is 3.71. The van der Waals surface area contributed by atoms with Crippen molar-refractivity contribution >= 4 is 17.2 Å². The van der Waals surface area contributed by atoms with Gasteiger partial charge in [0, 0.05) is 11.5 Å². The number of para-hydroxylation sites is 1. The molecule has 112 valence electrons. The van der Waals surface area contributed by atoms with Crippen LogP contribution in [-0.4, -0.2) is 17.2 Å². The summed E-state index contributed by atoms with van der Waals surface area (Å²) in [6.45, 7) is 3.52. The van der Waals surface area contributed by atoms with E-state index in [1.165, 1.54) is 0 Å². The monoisotopic (exact) mass is 294 g/mol. The number of hydrogen-bond donors (Lipinski definition) is 1. The molecule has 0 amide bonds. The Morgan fingerprint density at radius 2 is 1.55 bits per heavy atom. The van der Waals surface area contributed by atoms with Crippen molar-refractivity contribution in [3.8, 4) is 5.75 Å². The summed E-state index contributed by atoms with van der Waals surface area (Å²) in [5.74, 6) is 0.0260. The molecule has 0 saturated heterocycles. The van der Waals surface area contributed by atoms with Crippen molar-refractivity contribution in [1.29, 1.82) is 5.41 Å². The maximum Gasteiger partial charge on any atom is 0.185 e. The van der Waals surface area contributed by atoms with E-state index in [9.17, 15) is 4.79 Å². The van der Waals surface area contributed by atoms with Gasteiger partial charge in [0.05, 0.1) is 0 Å².